The third-order valence-electron chi connectivity index (χ3n) is 5.23. The van der Waals surface area contributed by atoms with Crippen LogP contribution in [-0.2, 0) is 6.42 Å². The molecule has 3 rings (SSSR count). The summed E-state index contributed by atoms with van der Waals surface area (Å²) in [5, 5.41) is 10.2. The van der Waals surface area contributed by atoms with Crippen LogP contribution >= 0.6 is 11.6 Å². The number of carbonyl (C=O) groups is 1. The fourth-order valence-corrected chi connectivity index (χ4v) is 4.00. The van der Waals surface area contributed by atoms with Gasteiger partial charge in [-0.15, -0.1) is 0 Å². The highest BCUT2D eigenvalue weighted by Crippen LogP contribution is 2.31. The summed E-state index contributed by atoms with van der Waals surface area (Å²) < 4.78 is 0. The lowest BCUT2D eigenvalue weighted by molar-refractivity contribution is 0.0696. The maximum Gasteiger partial charge on any atom is 0.335 e. The minimum atomic E-state index is -0.840. The largest absolute Gasteiger partial charge is 0.478 e. The Labute approximate surface area is 154 Å². The summed E-state index contributed by atoms with van der Waals surface area (Å²) in [5.41, 5.74) is 4.73. The van der Waals surface area contributed by atoms with E-state index in [2.05, 4.69) is 17.9 Å². The van der Waals surface area contributed by atoms with Gasteiger partial charge in [-0.05, 0) is 73.9 Å². The molecule has 1 aliphatic rings. The molecule has 25 heavy (non-hydrogen) atoms. The van der Waals surface area contributed by atoms with Crippen LogP contribution in [-0.4, -0.2) is 24.2 Å². The number of aromatic carboxylic acids is 1. The fourth-order valence-electron chi connectivity index (χ4n) is 3.74. The van der Waals surface area contributed by atoms with E-state index in [-0.39, 0.29) is 0 Å². The Bertz CT molecular complexity index is 779. The van der Waals surface area contributed by atoms with Gasteiger partial charge in [-0.1, -0.05) is 29.8 Å². The van der Waals surface area contributed by atoms with Crippen molar-refractivity contribution in [1.82, 2.24) is 0 Å². The first-order valence-electron chi connectivity index (χ1n) is 8.78. The highest BCUT2D eigenvalue weighted by molar-refractivity contribution is 6.33. The average Bonchev–Trinajstić information content (AvgIpc) is 2.58. The Morgan fingerprint density at radius 2 is 1.84 bits per heavy atom. The van der Waals surface area contributed by atoms with Gasteiger partial charge in [0.15, 0.2) is 0 Å². The smallest absolute Gasteiger partial charge is 0.335 e. The van der Waals surface area contributed by atoms with Crippen LogP contribution in [0.1, 0.15) is 39.9 Å². The normalized spacial score (nSPS) is 15.4. The highest BCUT2D eigenvalue weighted by atomic mass is 35.5. The number of rotatable bonds is 4. The molecule has 0 unspecified atom stereocenters. The quantitative estimate of drug-likeness (QED) is 0.826. The Morgan fingerprint density at radius 3 is 2.48 bits per heavy atom. The third-order valence-corrected chi connectivity index (χ3v) is 5.55. The van der Waals surface area contributed by atoms with Crippen molar-refractivity contribution >= 4 is 23.3 Å². The van der Waals surface area contributed by atoms with Crippen molar-refractivity contribution in [3.05, 3.63) is 63.7 Å². The van der Waals surface area contributed by atoms with Crippen molar-refractivity contribution in [2.24, 2.45) is 5.92 Å². The molecule has 2 aromatic carbocycles. The highest BCUT2D eigenvalue weighted by Gasteiger charge is 2.22. The van der Waals surface area contributed by atoms with Gasteiger partial charge in [0.1, 0.15) is 0 Å². The number of aryl methyl sites for hydroxylation is 2. The molecule has 3 nitrogen and oxygen atoms in total. The van der Waals surface area contributed by atoms with Crippen molar-refractivity contribution in [3.63, 3.8) is 0 Å². The van der Waals surface area contributed by atoms with E-state index in [1.807, 2.05) is 37.3 Å². The second-order valence-electron chi connectivity index (χ2n) is 6.98. The number of carboxylic acid groups (broad SMARTS) is 1. The van der Waals surface area contributed by atoms with Crippen LogP contribution in [0.5, 0.6) is 0 Å². The molecular weight excluding hydrogens is 334 g/mol. The first kappa shape index (κ1) is 17.8. The third kappa shape index (κ3) is 3.98. The minimum absolute atomic E-state index is 0.425. The predicted molar refractivity (Wildman–Crippen MR) is 103 cm³/mol. The molecule has 1 saturated heterocycles. The van der Waals surface area contributed by atoms with Crippen LogP contribution in [0.25, 0.3) is 0 Å². The van der Waals surface area contributed by atoms with Crippen molar-refractivity contribution in [3.8, 4) is 0 Å². The molecule has 1 heterocycles. The Morgan fingerprint density at radius 1 is 1.16 bits per heavy atom. The first-order chi connectivity index (χ1) is 12.0. The summed E-state index contributed by atoms with van der Waals surface area (Å²) in [5.74, 6) is -0.255. The van der Waals surface area contributed by atoms with E-state index in [0.29, 0.717) is 11.5 Å². The lowest BCUT2D eigenvalue weighted by atomic mass is 9.87. The number of hydrogen-bond acceptors (Lipinski definition) is 2. The number of anilines is 1. The summed E-state index contributed by atoms with van der Waals surface area (Å²) in [6, 6.07) is 11.9. The number of carboxylic acids is 1. The van der Waals surface area contributed by atoms with Crippen LogP contribution in [0.4, 0.5) is 5.69 Å². The summed E-state index contributed by atoms with van der Waals surface area (Å²) in [4.78, 5) is 13.7. The van der Waals surface area contributed by atoms with E-state index in [1.54, 1.807) is 0 Å². The van der Waals surface area contributed by atoms with E-state index in [9.17, 15) is 9.90 Å². The van der Waals surface area contributed by atoms with E-state index in [1.165, 1.54) is 11.1 Å². The molecule has 0 aliphatic carbocycles. The van der Waals surface area contributed by atoms with Gasteiger partial charge >= 0.3 is 5.97 Å². The van der Waals surface area contributed by atoms with Gasteiger partial charge in [-0.25, -0.2) is 4.79 Å². The van der Waals surface area contributed by atoms with E-state index < -0.39 is 5.97 Å². The van der Waals surface area contributed by atoms with E-state index >= 15 is 0 Å². The topological polar surface area (TPSA) is 40.5 Å². The summed E-state index contributed by atoms with van der Waals surface area (Å²) in [6.07, 6.45) is 3.14. The van der Waals surface area contributed by atoms with Gasteiger partial charge in [0.2, 0.25) is 0 Å². The zero-order chi connectivity index (χ0) is 18.0. The maximum absolute atomic E-state index is 11.4. The molecule has 0 saturated carbocycles. The second-order valence-corrected chi connectivity index (χ2v) is 7.39. The molecule has 0 aromatic heterocycles. The van der Waals surface area contributed by atoms with Gasteiger partial charge in [-0.2, -0.15) is 0 Å². The fraction of sp³-hybridized carbons (Fsp3) is 0.381. The maximum atomic E-state index is 11.4. The van der Waals surface area contributed by atoms with Crippen LogP contribution in [0, 0.1) is 19.8 Å². The number of nitrogens with zero attached hydrogens (tertiary/aromatic N) is 1. The van der Waals surface area contributed by atoms with Gasteiger partial charge in [0, 0.05) is 13.1 Å². The molecular formula is C21H24ClNO2. The van der Waals surface area contributed by atoms with Crippen molar-refractivity contribution < 1.29 is 9.90 Å². The molecule has 0 spiro atoms. The van der Waals surface area contributed by atoms with Crippen LogP contribution in [0.15, 0.2) is 36.4 Å². The molecule has 132 valence electrons. The van der Waals surface area contributed by atoms with Gasteiger partial charge < -0.3 is 10.0 Å². The Kier molecular flexibility index (Phi) is 5.33. The summed E-state index contributed by atoms with van der Waals surface area (Å²) in [6.45, 7) is 5.92. The number of hydrogen-bond donors (Lipinski definition) is 1. The number of halogens is 1. The van der Waals surface area contributed by atoms with E-state index in [0.717, 1.165) is 48.6 Å². The van der Waals surface area contributed by atoms with Crippen molar-refractivity contribution in [2.75, 3.05) is 18.0 Å². The molecule has 1 N–H and O–H groups in total. The number of piperidine rings is 1. The Balaban J connectivity index is 1.68. The molecule has 0 bridgehead atoms. The lowest BCUT2D eigenvalue weighted by Crippen LogP contribution is -2.34. The Hall–Kier alpha value is -2.00. The SMILES string of the molecule is Cc1cc(C)c(C(=O)O)cc1CC1CCN(c2ccccc2Cl)CC1. The monoisotopic (exact) mass is 357 g/mol. The molecule has 1 fully saturated rings. The summed E-state index contributed by atoms with van der Waals surface area (Å²) in [7, 11) is 0. The molecule has 1 aliphatic heterocycles. The zero-order valence-corrected chi connectivity index (χ0v) is 15.5. The predicted octanol–water partition coefficient (Wildman–Crippen LogP) is 5.11. The lowest BCUT2D eigenvalue weighted by Gasteiger charge is -2.34. The number of benzene rings is 2. The zero-order valence-electron chi connectivity index (χ0n) is 14.8. The van der Waals surface area contributed by atoms with Crippen molar-refractivity contribution in [2.45, 2.75) is 33.1 Å². The molecule has 0 atom stereocenters. The standard InChI is InChI=1S/C21H24ClNO2/c1-14-11-15(2)18(21(24)25)13-17(14)12-16-7-9-23(10-8-16)20-6-4-3-5-19(20)22/h3-6,11,13,16H,7-10,12H2,1-2H3,(H,24,25). The van der Waals surface area contributed by atoms with Gasteiger partial charge in [-0.3, -0.25) is 0 Å². The van der Waals surface area contributed by atoms with Crippen molar-refractivity contribution in [1.29, 1.82) is 0 Å². The molecule has 0 radical (unpaired) electrons. The van der Waals surface area contributed by atoms with Crippen LogP contribution in [0.3, 0.4) is 0 Å². The molecule has 0 amide bonds. The second kappa shape index (κ2) is 7.49. The van der Waals surface area contributed by atoms with Gasteiger partial charge in [0.25, 0.3) is 0 Å². The van der Waals surface area contributed by atoms with Gasteiger partial charge in [0.05, 0.1) is 16.3 Å². The first-order valence-corrected chi connectivity index (χ1v) is 9.16. The van der Waals surface area contributed by atoms with Crippen LogP contribution < -0.4 is 4.90 Å². The molecule has 4 heteroatoms. The average molecular weight is 358 g/mol. The van der Waals surface area contributed by atoms with Crippen LogP contribution in [0.2, 0.25) is 5.02 Å². The van der Waals surface area contributed by atoms with E-state index in [4.69, 9.17) is 11.6 Å². The number of para-hydroxylation sites is 1. The minimum Gasteiger partial charge on any atom is -0.478 e. The molecule has 2 aromatic rings. The summed E-state index contributed by atoms with van der Waals surface area (Å²) >= 11 is 6.31.